The lowest BCUT2D eigenvalue weighted by atomic mass is 10.1. The number of para-hydroxylation sites is 2. The Hall–Kier alpha value is -2.07. The number of anilines is 1. The molecule has 2 aromatic carbocycles. The summed E-state index contributed by atoms with van der Waals surface area (Å²) in [7, 11) is 1.58. The van der Waals surface area contributed by atoms with Crippen molar-refractivity contribution in [2.75, 3.05) is 19.0 Å². The van der Waals surface area contributed by atoms with Crippen LogP contribution in [0.4, 0.5) is 10.1 Å². The largest absolute Gasteiger partial charge is 0.495 e. The lowest BCUT2D eigenvalue weighted by Crippen LogP contribution is -2.13. The van der Waals surface area contributed by atoms with Gasteiger partial charge in [0.1, 0.15) is 11.6 Å². The van der Waals surface area contributed by atoms with Crippen LogP contribution in [0.15, 0.2) is 48.5 Å². The number of benzene rings is 2. The Balaban J connectivity index is 2.04. The van der Waals surface area contributed by atoms with Crippen molar-refractivity contribution in [1.82, 2.24) is 0 Å². The minimum atomic E-state index is -0.911. The number of halogens is 1. The van der Waals surface area contributed by atoms with Crippen LogP contribution in [-0.2, 0) is 0 Å². The molecule has 2 rings (SSSR count). The first-order valence-electron chi connectivity index (χ1n) is 6.01. The van der Waals surface area contributed by atoms with E-state index in [-0.39, 0.29) is 12.1 Å². The number of aliphatic hydroxyl groups excluding tert-OH is 1. The first-order chi connectivity index (χ1) is 9.22. The molecule has 2 N–H and O–H groups in total. The number of rotatable bonds is 5. The number of methoxy groups -OCH3 is 1. The van der Waals surface area contributed by atoms with Gasteiger partial charge in [-0.3, -0.25) is 0 Å². The summed E-state index contributed by atoms with van der Waals surface area (Å²) >= 11 is 0. The van der Waals surface area contributed by atoms with Crippen molar-refractivity contribution in [2.45, 2.75) is 6.10 Å². The average molecular weight is 261 g/mol. The SMILES string of the molecule is COc1ccccc1NCC(O)c1ccccc1F. The number of nitrogens with one attached hydrogen (secondary N) is 1. The minimum Gasteiger partial charge on any atom is -0.495 e. The summed E-state index contributed by atoms with van der Waals surface area (Å²) in [5.74, 6) is 0.278. The van der Waals surface area contributed by atoms with Crippen molar-refractivity contribution in [1.29, 1.82) is 0 Å². The van der Waals surface area contributed by atoms with E-state index in [0.717, 1.165) is 5.69 Å². The molecule has 0 spiro atoms. The van der Waals surface area contributed by atoms with Crippen LogP contribution in [0.5, 0.6) is 5.75 Å². The second kappa shape index (κ2) is 6.20. The van der Waals surface area contributed by atoms with Gasteiger partial charge in [-0.25, -0.2) is 4.39 Å². The maximum Gasteiger partial charge on any atom is 0.141 e. The van der Waals surface area contributed by atoms with Gasteiger partial charge in [0.25, 0.3) is 0 Å². The molecule has 2 aromatic rings. The Kier molecular flexibility index (Phi) is 4.36. The van der Waals surface area contributed by atoms with Crippen LogP contribution < -0.4 is 10.1 Å². The highest BCUT2D eigenvalue weighted by atomic mass is 19.1. The number of hydrogen-bond acceptors (Lipinski definition) is 3. The van der Waals surface area contributed by atoms with Crippen molar-refractivity contribution < 1.29 is 14.2 Å². The van der Waals surface area contributed by atoms with Gasteiger partial charge in [-0.15, -0.1) is 0 Å². The van der Waals surface area contributed by atoms with Crippen molar-refractivity contribution in [3.05, 3.63) is 59.9 Å². The second-order valence-electron chi connectivity index (χ2n) is 4.12. The number of hydrogen-bond donors (Lipinski definition) is 2. The lowest BCUT2D eigenvalue weighted by molar-refractivity contribution is 0.186. The lowest BCUT2D eigenvalue weighted by Gasteiger charge is -2.15. The predicted molar refractivity (Wildman–Crippen MR) is 72.8 cm³/mol. The maximum atomic E-state index is 13.5. The van der Waals surface area contributed by atoms with Crippen molar-refractivity contribution >= 4 is 5.69 Å². The van der Waals surface area contributed by atoms with Gasteiger partial charge in [-0.05, 0) is 18.2 Å². The van der Waals surface area contributed by atoms with Gasteiger partial charge in [0, 0.05) is 12.1 Å². The molecule has 100 valence electrons. The van der Waals surface area contributed by atoms with E-state index in [1.807, 2.05) is 24.3 Å². The zero-order valence-corrected chi connectivity index (χ0v) is 10.6. The van der Waals surface area contributed by atoms with Crippen LogP contribution in [0.25, 0.3) is 0 Å². The quantitative estimate of drug-likeness (QED) is 0.869. The third kappa shape index (κ3) is 3.23. The maximum absolute atomic E-state index is 13.5. The van der Waals surface area contributed by atoms with Gasteiger partial charge < -0.3 is 15.2 Å². The van der Waals surface area contributed by atoms with Crippen molar-refractivity contribution in [2.24, 2.45) is 0 Å². The second-order valence-corrected chi connectivity index (χ2v) is 4.12. The smallest absolute Gasteiger partial charge is 0.141 e. The molecule has 0 saturated carbocycles. The highest BCUT2D eigenvalue weighted by Crippen LogP contribution is 2.24. The van der Waals surface area contributed by atoms with Crippen LogP contribution in [0.3, 0.4) is 0 Å². The molecule has 0 aliphatic heterocycles. The van der Waals surface area contributed by atoms with Gasteiger partial charge in [-0.2, -0.15) is 0 Å². The van der Waals surface area contributed by atoms with Gasteiger partial charge in [0.05, 0.1) is 18.9 Å². The minimum absolute atomic E-state index is 0.210. The summed E-state index contributed by atoms with van der Waals surface area (Å²) in [5, 5.41) is 13.0. The molecule has 1 unspecified atom stereocenters. The molecule has 0 bridgehead atoms. The molecule has 1 atom stereocenters. The average Bonchev–Trinajstić information content (AvgIpc) is 2.45. The normalized spacial score (nSPS) is 11.9. The van der Waals surface area contributed by atoms with Gasteiger partial charge in [-0.1, -0.05) is 30.3 Å². The topological polar surface area (TPSA) is 41.5 Å². The summed E-state index contributed by atoms with van der Waals surface area (Å²) < 4.78 is 18.7. The molecule has 0 saturated heterocycles. The predicted octanol–water partition coefficient (Wildman–Crippen LogP) is 2.98. The van der Waals surface area contributed by atoms with E-state index in [4.69, 9.17) is 4.74 Å². The Morgan fingerprint density at radius 2 is 1.84 bits per heavy atom. The molecule has 0 amide bonds. The highest BCUT2D eigenvalue weighted by Gasteiger charge is 2.12. The third-order valence-electron chi connectivity index (χ3n) is 2.86. The Labute approximate surface area is 111 Å². The van der Waals surface area contributed by atoms with Gasteiger partial charge in [0.2, 0.25) is 0 Å². The first-order valence-corrected chi connectivity index (χ1v) is 6.01. The van der Waals surface area contributed by atoms with Gasteiger partial charge >= 0.3 is 0 Å². The van der Waals surface area contributed by atoms with Crippen molar-refractivity contribution in [3.8, 4) is 5.75 Å². The molecule has 0 radical (unpaired) electrons. The van der Waals surface area contributed by atoms with E-state index in [1.165, 1.54) is 6.07 Å². The van der Waals surface area contributed by atoms with Crippen LogP contribution >= 0.6 is 0 Å². The Morgan fingerprint density at radius 3 is 2.58 bits per heavy atom. The summed E-state index contributed by atoms with van der Waals surface area (Å²) in [5.41, 5.74) is 1.05. The van der Waals surface area contributed by atoms with E-state index < -0.39 is 11.9 Å². The molecular weight excluding hydrogens is 245 g/mol. The van der Waals surface area contributed by atoms with E-state index in [0.29, 0.717) is 5.75 Å². The summed E-state index contributed by atoms with van der Waals surface area (Å²) in [6, 6.07) is 13.6. The van der Waals surface area contributed by atoms with E-state index in [1.54, 1.807) is 25.3 Å². The summed E-state index contributed by atoms with van der Waals surface area (Å²) in [6.07, 6.45) is -0.911. The molecule has 0 aliphatic rings. The summed E-state index contributed by atoms with van der Waals surface area (Å²) in [6.45, 7) is 0.210. The fourth-order valence-corrected chi connectivity index (χ4v) is 1.85. The van der Waals surface area contributed by atoms with Crippen molar-refractivity contribution in [3.63, 3.8) is 0 Å². The van der Waals surface area contributed by atoms with E-state index in [2.05, 4.69) is 5.32 Å². The van der Waals surface area contributed by atoms with Crippen LogP contribution in [0.2, 0.25) is 0 Å². The molecule has 3 nitrogen and oxygen atoms in total. The molecule has 0 fully saturated rings. The standard InChI is InChI=1S/C15H16FNO2/c1-19-15-9-5-4-8-13(15)17-10-14(18)11-6-2-3-7-12(11)16/h2-9,14,17-18H,10H2,1H3. The molecule has 0 aliphatic carbocycles. The highest BCUT2D eigenvalue weighted by molar-refractivity contribution is 5.56. The van der Waals surface area contributed by atoms with Crippen LogP contribution in [0.1, 0.15) is 11.7 Å². The van der Waals surface area contributed by atoms with E-state index >= 15 is 0 Å². The van der Waals surface area contributed by atoms with Crippen LogP contribution in [-0.4, -0.2) is 18.8 Å². The molecule has 0 heterocycles. The molecular formula is C15H16FNO2. The molecule has 19 heavy (non-hydrogen) atoms. The Bertz CT molecular complexity index is 545. The molecule has 4 heteroatoms. The number of aliphatic hydroxyl groups is 1. The van der Waals surface area contributed by atoms with Crippen LogP contribution in [0, 0.1) is 5.82 Å². The summed E-state index contributed by atoms with van der Waals surface area (Å²) in [4.78, 5) is 0. The third-order valence-corrected chi connectivity index (χ3v) is 2.86. The first kappa shape index (κ1) is 13.4. The van der Waals surface area contributed by atoms with E-state index in [9.17, 15) is 9.50 Å². The zero-order chi connectivity index (χ0) is 13.7. The Morgan fingerprint density at radius 1 is 1.16 bits per heavy atom. The van der Waals surface area contributed by atoms with Gasteiger partial charge in [0.15, 0.2) is 0 Å². The number of ether oxygens (including phenoxy) is 1. The fraction of sp³-hybridized carbons (Fsp3) is 0.200. The molecule has 0 aromatic heterocycles. The fourth-order valence-electron chi connectivity index (χ4n) is 1.85. The monoisotopic (exact) mass is 261 g/mol. The zero-order valence-electron chi connectivity index (χ0n) is 10.6.